The number of ether oxygens (including phenoxy) is 1. The maximum absolute atomic E-state index is 5.97. The third kappa shape index (κ3) is 4.89. The fraction of sp³-hybridized carbons (Fsp3) is 0.0833. The van der Waals surface area contributed by atoms with Crippen molar-refractivity contribution in [2.75, 3.05) is 5.43 Å². The van der Waals surface area contributed by atoms with E-state index in [0.717, 1.165) is 38.1 Å². The monoisotopic (exact) mass is 399 g/mol. The maximum atomic E-state index is 5.97. The van der Waals surface area contributed by atoms with E-state index in [0.29, 0.717) is 6.61 Å². The minimum absolute atomic E-state index is 0.519. The number of para-hydroxylation sites is 1. The van der Waals surface area contributed by atoms with Gasteiger partial charge in [-0.2, -0.15) is 5.10 Å². The molecule has 3 aromatic carbocycles. The van der Waals surface area contributed by atoms with E-state index in [1.54, 1.807) is 17.6 Å². The number of hydrogen-bond acceptors (Lipinski definition) is 5. The largest absolute Gasteiger partial charge is 0.488 e. The summed E-state index contributed by atoms with van der Waals surface area (Å²) < 4.78 is 5.97. The van der Waals surface area contributed by atoms with Crippen LogP contribution in [0.25, 0.3) is 11.3 Å². The average molecular weight is 400 g/mol. The summed E-state index contributed by atoms with van der Waals surface area (Å²) >= 11 is 1.59. The first-order chi connectivity index (χ1) is 14.3. The van der Waals surface area contributed by atoms with E-state index >= 15 is 0 Å². The molecule has 0 saturated heterocycles. The summed E-state index contributed by atoms with van der Waals surface area (Å²) in [5.74, 6) is 0.794. The second kappa shape index (κ2) is 9.17. The SMILES string of the molecule is Cc1sc(N/N=C/c2ccccc2OCc2ccccc2)nc1-c1ccccc1. The van der Waals surface area contributed by atoms with Crippen molar-refractivity contribution < 1.29 is 4.74 Å². The van der Waals surface area contributed by atoms with E-state index in [1.165, 1.54) is 0 Å². The van der Waals surface area contributed by atoms with E-state index in [-0.39, 0.29) is 0 Å². The Hall–Kier alpha value is -3.44. The van der Waals surface area contributed by atoms with Crippen molar-refractivity contribution in [1.82, 2.24) is 4.98 Å². The number of rotatable bonds is 7. The van der Waals surface area contributed by atoms with Gasteiger partial charge in [-0.15, -0.1) is 11.3 Å². The van der Waals surface area contributed by atoms with E-state index in [4.69, 9.17) is 4.74 Å². The predicted octanol–water partition coefficient (Wildman–Crippen LogP) is 6.14. The van der Waals surface area contributed by atoms with Gasteiger partial charge in [-0.1, -0.05) is 72.8 Å². The molecule has 29 heavy (non-hydrogen) atoms. The molecule has 0 amide bonds. The van der Waals surface area contributed by atoms with Gasteiger partial charge in [-0.05, 0) is 24.6 Å². The molecule has 0 saturated carbocycles. The number of thiazole rings is 1. The molecule has 0 aliphatic rings. The zero-order valence-corrected chi connectivity index (χ0v) is 16.9. The number of anilines is 1. The first-order valence-electron chi connectivity index (χ1n) is 9.37. The van der Waals surface area contributed by atoms with Crippen molar-refractivity contribution >= 4 is 22.7 Å². The maximum Gasteiger partial charge on any atom is 0.204 e. The van der Waals surface area contributed by atoms with Crippen molar-refractivity contribution in [2.24, 2.45) is 5.10 Å². The molecule has 0 aliphatic carbocycles. The van der Waals surface area contributed by atoms with Crippen LogP contribution in [0.4, 0.5) is 5.13 Å². The van der Waals surface area contributed by atoms with Gasteiger partial charge in [0, 0.05) is 16.0 Å². The lowest BCUT2D eigenvalue weighted by Crippen LogP contribution is -1.99. The molecule has 4 rings (SSSR count). The smallest absolute Gasteiger partial charge is 0.204 e. The Kier molecular flexibility index (Phi) is 5.98. The van der Waals surface area contributed by atoms with Gasteiger partial charge in [-0.25, -0.2) is 4.98 Å². The van der Waals surface area contributed by atoms with Crippen molar-refractivity contribution in [1.29, 1.82) is 0 Å². The molecule has 1 N–H and O–H groups in total. The number of aromatic nitrogens is 1. The van der Waals surface area contributed by atoms with Gasteiger partial charge >= 0.3 is 0 Å². The van der Waals surface area contributed by atoms with E-state index in [1.807, 2.05) is 72.8 Å². The molecule has 0 atom stereocenters. The highest BCUT2D eigenvalue weighted by Crippen LogP contribution is 2.30. The summed E-state index contributed by atoms with van der Waals surface area (Å²) in [6, 6.07) is 28.2. The van der Waals surface area contributed by atoms with Crippen molar-refractivity contribution in [2.45, 2.75) is 13.5 Å². The summed E-state index contributed by atoms with van der Waals surface area (Å²) in [6.45, 7) is 2.59. The lowest BCUT2D eigenvalue weighted by Gasteiger charge is -2.08. The molecule has 0 unspecified atom stereocenters. The van der Waals surface area contributed by atoms with Gasteiger partial charge in [-0.3, -0.25) is 5.43 Å². The zero-order chi connectivity index (χ0) is 19.9. The highest BCUT2D eigenvalue weighted by atomic mass is 32.1. The Morgan fingerprint density at radius 2 is 1.62 bits per heavy atom. The molecule has 4 aromatic rings. The molecule has 144 valence electrons. The Bertz CT molecular complexity index is 1090. The quantitative estimate of drug-likeness (QED) is 0.300. The number of nitrogens with one attached hydrogen (secondary N) is 1. The molecule has 0 aliphatic heterocycles. The summed E-state index contributed by atoms with van der Waals surface area (Å²) in [7, 11) is 0. The van der Waals surface area contributed by atoms with Crippen LogP contribution in [-0.4, -0.2) is 11.2 Å². The highest BCUT2D eigenvalue weighted by Gasteiger charge is 2.09. The minimum atomic E-state index is 0.519. The lowest BCUT2D eigenvalue weighted by molar-refractivity contribution is 0.306. The molecule has 5 heteroatoms. The van der Waals surface area contributed by atoms with Crippen LogP contribution in [-0.2, 0) is 6.61 Å². The predicted molar refractivity (Wildman–Crippen MR) is 121 cm³/mol. The van der Waals surface area contributed by atoms with E-state index in [2.05, 4.69) is 34.6 Å². The zero-order valence-electron chi connectivity index (χ0n) is 16.1. The standard InChI is InChI=1S/C24H21N3OS/c1-18-23(20-12-6-3-7-13-20)26-24(29-18)27-25-16-21-14-8-9-15-22(21)28-17-19-10-4-2-5-11-19/h2-16H,17H2,1H3,(H,26,27)/b25-16+. The fourth-order valence-electron chi connectivity index (χ4n) is 2.92. The molecule has 1 aromatic heterocycles. The minimum Gasteiger partial charge on any atom is -0.488 e. The average Bonchev–Trinajstić information content (AvgIpc) is 3.15. The fourth-order valence-corrected chi connectivity index (χ4v) is 3.70. The van der Waals surface area contributed by atoms with Gasteiger partial charge < -0.3 is 4.74 Å². The lowest BCUT2D eigenvalue weighted by atomic mass is 10.1. The highest BCUT2D eigenvalue weighted by molar-refractivity contribution is 7.15. The first-order valence-corrected chi connectivity index (χ1v) is 10.2. The number of hydrogen-bond donors (Lipinski definition) is 1. The van der Waals surface area contributed by atoms with Gasteiger partial charge in [0.1, 0.15) is 12.4 Å². The van der Waals surface area contributed by atoms with Gasteiger partial charge in [0.2, 0.25) is 5.13 Å². The number of aryl methyl sites for hydroxylation is 1. The van der Waals surface area contributed by atoms with Crippen LogP contribution >= 0.6 is 11.3 Å². The van der Waals surface area contributed by atoms with Gasteiger partial charge in [0.25, 0.3) is 0 Å². The molecule has 4 nitrogen and oxygen atoms in total. The topological polar surface area (TPSA) is 46.5 Å². The van der Waals surface area contributed by atoms with Crippen LogP contribution in [0.5, 0.6) is 5.75 Å². The van der Waals surface area contributed by atoms with Crippen molar-refractivity contribution in [3.63, 3.8) is 0 Å². The molecular weight excluding hydrogens is 378 g/mol. The first kappa shape index (κ1) is 18.9. The van der Waals surface area contributed by atoms with Crippen LogP contribution in [0.2, 0.25) is 0 Å². The van der Waals surface area contributed by atoms with Crippen LogP contribution in [0.3, 0.4) is 0 Å². The molecule has 0 fully saturated rings. The molecule has 0 radical (unpaired) electrons. The second-order valence-electron chi connectivity index (χ2n) is 6.47. The third-order valence-electron chi connectivity index (χ3n) is 4.36. The summed E-state index contributed by atoms with van der Waals surface area (Å²) in [5.41, 5.74) is 7.18. The second-order valence-corrected chi connectivity index (χ2v) is 7.68. The summed E-state index contributed by atoms with van der Waals surface area (Å²) in [5, 5.41) is 5.13. The van der Waals surface area contributed by atoms with Crippen molar-refractivity contribution in [3.8, 4) is 17.0 Å². The number of benzene rings is 3. The summed E-state index contributed by atoms with van der Waals surface area (Å²) in [6.07, 6.45) is 1.76. The molecular formula is C24H21N3OS. The van der Waals surface area contributed by atoms with Crippen LogP contribution in [0, 0.1) is 6.92 Å². The van der Waals surface area contributed by atoms with Crippen LogP contribution in [0.15, 0.2) is 90.0 Å². The Labute approximate surface area is 174 Å². The molecule has 0 bridgehead atoms. The van der Waals surface area contributed by atoms with E-state index in [9.17, 15) is 0 Å². The Morgan fingerprint density at radius 1 is 0.931 bits per heavy atom. The van der Waals surface area contributed by atoms with Crippen LogP contribution in [0.1, 0.15) is 16.0 Å². The molecule has 0 spiro atoms. The number of hydrazone groups is 1. The Morgan fingerprint density at radius 3 is 2.41 bits per heavy atom. The normalized spacial score (nSPS) is 10.9. The third-order valence-corrected chi connectivity index (χ3v) is 5.24. The van der Waals surface area contributed by atoms with Crippen LogP contribution < -0.4 is 10.2 Å². The van der Waals surface area contributed by atoms with Gasteiger partial charge in [0.15, 0.2) is 0 Å². The Balaban J connectivity index is 1.44. The van der Waals surface area contributed by atoms with Gasteiger partial charge in [0.05, 0.1) is 11.9 Å². The summed E-state index contributed by atoms with van der Waals surface area (Å²) in [4.78, 5) is 5.83. The van der Waals surface area contributed by atoms with E-state index < -0.39 is 0 Å². The number of nitrogens with zero attached hydrogens (tertiary/aromatic N) is 2. The molecule has 1 heterocycles. The van der Waals surface area contributed by atoms with Crippen molar-refractivity contribution in [3.05, 3.63) is 101 Å².